The zero-order valence-corrected chi connectivity index (χ0v) is 33.3. The molecule has 6 aromatic rings. The van der Waals surface area contributed by atoms with Crippen LogP contribution < -0.4 is 21.8 Å². The molecule has 292 valence electrons. The summed E-state index contributed by atoms with van der Waals surface area (Å²) in [6.07, 6.45) is 6.88. The number of hydrogen-bond acceptors (Lipinski definition) is 6. The van der Waals surface area contributed by atoms with E-state index in [1.54, 1.807) is 12.1 Å². The Morgan fingerprint density at radius 2 is 1.04 bits per heavy atom. The molecule has 6 heterocycles. The number of carbonyl (C=O) groups excluding carboxylic acids is 2. The summed E-state index contributed by atoms with van der Waals surface area (Å²) in [5.74, 6) is -0.146. The van der Waals surface area contributed by atoms with Gasteiger partial charge in [0.05, 0.1) is 34.3 Å². The first kappa shape index (κ1) is 39.6. The third kappa shape index (κ3) is 7.11. The second-order valence-electron chi connectivity index (χ2n) is 15.0. The Balaban J connectivity index is 0.000000182. The number of nitrogens with one attached hydrogen (secondary N) is 4. The van der Waals surface area contributed by atoms with Crippen LogP contribution in [0.25, 0.3) is 44.3 Å². The molecule has 2 atom stereocenters. The molecule has 2 aliphatic heterocycles. The van der Waals surface area contributed by atoms with Crippen LogP contribution in [0.15, 0.2) is 83.7 Å². The first-order valence-electron chi connectivity index (χ1n) is 19.3. The number of hydrogen-bond donors (Lipinski definition) is 4. The molecule has 2 fully saturated rings. The van der Waals surface area contributed by atoms with Crippen LogP contribution in [0.2, 0.25) is 0 Å². The molecule has 0 aliphatic carbocycles. The molecule has 12 heteroatoms. The molecule has 4 N–H and O–H groups in total. The van der Waals surface area contributed by atoms with Crippen molar-refractivity contribution in [3.8, 4) is 22.5 Å². The van der Waals surface area contributed by atoms with Crippen LogP contribution in [-0.2, 0) is 33.5 Å². The van der Waals surface area contributed by atoms with Gasteiger partial charge in [-0.05, 0) is 115 Å². The first-order valence-corrected chi connectivity index (χ1v) is 19.3. The van der Waals surface area contributed by atoms with Crippen LogP contribution in [0.1, 0.15) is 75.6 Å². The number of rotatable bonds is 6. The average molecular weight is 757 g/mol. The molecule has 2 aliphatic rings. The lowest BCUT2D eigenvalue weighted by molar-refractivity contribution is -0.128. The van der Waals surface area contributed by atoms with Gasteiger partial charge in [0, 0.05) is 70.6 Å². The third-order valence-electron chi connectivity index (χ3n) is 11.4. The number of benzene rings is 2. The number of aromatic amines is 2. The van der Waals surface area contributed by atoms with Gasteiger partial charge in [0.1, 0.15) is 0 Å². The topological polar surface area (TPSA) is 160 Å². The molecule has 12 nitrogen and oxygen atoms in total. The summed E-state index contributed by atoms with van der Waals surface area (Å²) >= 11 is 0. The number of fused-ring (bicyclic) bond motifs is 2. The molecule has 2 saturated heterocycles. The molecule has 2 unspecified atom stereocenters. The van der Waals surface area contributed by atoms with Crippen LogP contribution in [0, 0.1) is 13.8 Å². The van der Waals surface area contributed by atoms with E-state index in [4.69, 9.17) is 0 Å². The Labute approximate surface area is 326 Å². The lowest BCUT2D eigenvalue weighted by Crippen LogP contribution is -2.49. The van der Waals surface area contributed by atoms with Crippen LogP contribution >= 0.6 is 0 Å². The minimum Gasteiger partial charge on any atom is -0.355 e. The Bertz CT molecular complexity index is 2380. The Morgan fingerprint density at radius 1 is 0.643 bits per heavy atom. The van der Waals surface area contributed by atoms with E-state index in [0.29, 0.717) is 37.1 Å². The van der Waals surface area contributed by atoms with Crippen LogP contribution in [0.4, 0.5) is 0 Å². The fraction of sp³-hybridized carbons (Fsp3) is 0.364. The Kier molecular flexibility index (Phi) is 11.3. The number of pyridine rings is 2. The molecule has 0 radical (unpaired) electrons. The fourth-order valence-corrected chi connectivity index (χ4v) is 8.09. The quantitative estimate of drug-likeness (QED) is 0.141. The van der Waals surface area contributed by atoms with Crippen molar-refractivity contribution in [2.45, 2.75) is 91.1 Å². The molecule has 2 amide bonds. The number of carbonyl (C=O) groups is 2. The number of nitrogens with zero attached hydrogens (tertiary/aromatic N) is 4. The summed E-state index contributed by atoms with van der Waals surface area (Å²) < 4.78 is 3.90. The van der Waals surface area contributed by atoms with Gasteiger partial charge < -0.3 is 20.6 Å². The largest absolute Gasteiger partial charge is 0.355 e. The van der Waals surface area contributed by atoms with Gasteiger partial charge in [0.25, 0.3) is 11.1 Å². The molecular weight excluding hydrogens is 705 g/mol. The maximum atomic E-state index is 12.8. The predicted octanol–water partition coefficient (Wildman–Crippen LogP) is 6.58. The van der Waals surface area contributed by atoms with Crippen molar-refractivity contribution < 1.29 is 9.59 Å². The van der Waals surface area contributed by atoms with E-state index in [2.05, 4.69) is 82.1 Å². The van der Waals surface area contributed by atoms with E-state index in [1.807, 2.05) is 61.6 Å². The third-order valence-corrected chi connectivity index (χ3v) is 11.4. The van der Waals surface area contributed by atoms with Crippen molar-refractivity contribution in [2.75, 3.05) is 13.1 Å². The summed E-state index contributed by atoms with van der Waals surface area (Å²) in [5.41, 5.74) is 6.82. The van der Waals surface area contributed by atoms with Crippen molar-refractivity contribution >= 4 is 33.6 Å². The van der Waals surface area contributed by atoms with Crippen molar-refractivity contribution in [3.05, 3.63) is 117 Å². The predicted molar refractivity (Wildman–Crippen MR) is 223 cm³/mol. The Hall–Kier alpha value is -6.04. The van der Waals surface area contributed by atoms with Crippen molar-refractivity contribution in [1.82, 2.24) is 40.2 Å². The summed E-state index contributed by atoms with van der Waals surface area (Å²) in [4.78, 5) is 56.4. The second-order valence-corrected chi connectivity index (χ2v) is 15.0. The van der Waals surface area contributed by atoms with Crippen LogP contribution in [0.3, 0.4) is 0 Å². The van der Waals surface area contributed by atoms with Crippen molar-refractivity contribution in [2.24, 2.45) is 0 Å². The number of H-pyrrole nitrogens is 2. The van der Waals surface area contributed by atoms with E-state index in [9.17, 15) is 19.2 Å². The van der Waals surface area contributed by atoms with E-state index < -0.39 is 10.8 Å². The molecule has 0 bridgehead atoms. The molecule has 56 heavy (non-hydrogen) atoms. The van der Waals surface area contributed by atoms with Crippen molar-refractivity contribution in [1.29, 1.82) is 0 Å². The minimum atomic E-state index is -0.773. The summed E-state index contributed by atoms with van der Waals surface area (Å²) in [6.45, 7) is 20.8. The summed E-state index contributed by atoms with van der Waals surface area (Å²) in [7, 11) is 0. The molecule has 4 aromatic heterocycles. The second kappa shape index (κ2) is 16.0. The number of amides is 2. The highest BCUT2D eigenvalue weighted by Gasteiger charge is 2.40. The maximum Gasteiger partial charge on any atom is 0.252 e. The van der Waals surface area contributed by atoms with Crippen molar-refractivity contribution in [3.63, 3.8) is 0 Å². The monoisotopic (exact) mass is 756 g/mol. The fourth-order valence-electron chi connectivity index (χ4n) is 8.09. The average Bonchev–Trinajstić information content (AvgIpc) is 3.83. The Morgan fingerprint density at radius 3 is 1.38 bits per heavy atom. The van der Waals surface area contributed by atoms with E-state index >= 15 is 0 Å². The minimum absolute atomic E-state index is 0.0730. The number of aromatic nitrogens is 6. The summed E-state index contributed by atoms with van der Waals surface area (Å²) in [6, 6.07) is 15.6. The van der Waals surface area contributed by atoms with Gasteiger partial charge in [-0.15, -0.1) is 13.2 Å². The van der Waals surface area contributed by atoms with Gasteiger partial charge in [-0.2, -0.15) is 10.2 Å². The first-order chi connectivity index (χ1) is 26.9. The lowest BCUT2D eigenvalue weighted by atomic mass is 9.76. The highest BCUT2D eigenvalue weighted by atomic mass is 16.2. The molecule has 8 rings (SSSR count). The number of piperidine rings is 2. The standard InChI is InChI=1S/2C21H24N4O2.C2H4/c2*1-4-25-18-11-14(10-13(2)15(18)12-23-25)17-7-6-16(19(26)24-17)21(3)8-5-9-22-20(21)27;1-2/h2*6-7,10-12H,4-5,8-9H2,1-3H3,(H,22,27)(H,24,26);1-2H2. The highest BCUT2D eigenvalue weighted by molar-refractivity contribution is 5.90. The molecule has 2 aromatic carbocycles. The molecule has 0 saturated carbocycles. The van der Waals surface area contributed by atoms with Gasteiger partial charge in [0.15, 0.2) is 0 Å². The molecular formula is C44H52N8O4. The zero-order valence-electron chi connectivity index (χ0n) is 33.3. The highest BCUT2D eigenvalue weighted by Crippen LogP contribution is 2.33. The van der Waals surface area contributed by atoms with Gasteiger partial charge >= 0.3 is 0 Å². The van der Waals surface area contributed by atoms with Gasteiger partial charge in [-0.3, -0.25) is 28.5 Å². The van der Waals surface area contributed by atoms with Crippen LogP contribution in [0.5, 0.6) is 0 Å². The SMILES string of the molecule is C=C.CCn1ncc2c(C)cc(-c3ccc(C4(C)CCCNC4=O)c(=O)[nH]3)cc21.CCn1ncc2c(C)cc(-c3ccc(C4(C)CCCNC4=O)c(=O)[nH]3)cc21. The molecule has 0 spiro atoms. The van der Waals surface area contributed by atoms with E-state index in [1.165, 1.54) is 0 Å². The normalized spacial score (nSPS) is 19.4. The van der Waals surface area contributed by atoms with E-state index in [-0.39, 0.29) is 22.9 Å². The van der Waals surface area contributed by atoms with E-state index in [0.717, 1.165) is 81.4 Å². The van der Waals surface area contributed by atoms with Gasteiger partial charge in [-0.25, -0.2) is 0 Å². The lowest BCUT2D eigenvalue weighted by Gasteiger charge is -2.32. The smallest absolute Gasteiger partial charge is 0.252 e. The number of aryl methyl sites for hydroxylation is 4. The maximum absolute atomic E-state index is 12.8. The summed E-state index contributed by atoms with van der Waals surface area (Å²) in [5, 5.41) is 16.8. The zero-order chi connectivity index (χ0) is 40.4. The van der Waals surface area contributed by atoms with Crippen LogP contribution in [-0.4, -0.2) is 54.4 Å². The van der Waals surface area contributed by atoms with Gasteiger partial charge in [0.2, 0.25) is 11.8 Å². The van der Waals surface area contributed by atoms with Gasteiger partial charge in [-0.1, -0.05) is 12.1 Å².